The summed E-state index contributed by atoms with van der Waals surface area (Å²) >= 11 is 3.44. The van der Waals surface area contributed by atoms with Crippen LogP contribution < -0.4 is 16.0 Å². The van der Waals surface area contributed by atoms with E-state index in [1.165, 1.54) is 11.6 Å². The van der Waals surface area contributed by atoms with Crippen LogP contribution in [-0.2, 0) is 20.6 Å². The molecule has 0 saturated carbocycles. The van der Waals surface area contributed by atoms with Crippen LogP contribution in [0.25, 0.3) is 11.2 Å². The summed E-state index contributed by atoms with van der Waals surface area (Å²) in [6.07, 6.45) is 0. The molecule has 2 heterocycles. The fourth-order valence-electron chi connectivity index (χ4n) is 3.31. The maximum absolute atomic E-state index is 13.0. The van der Waals surface area contributed by atoms with Crippen molar-refractivity contribution in [3.8, 4) is 11.8 Å². The number of rotatable bonds is 4. The van der Waals surface area contributed by atoms with Crippen molar-refractivity contribution in [2.75, 3.05) is 0 Å². The molecule has 4 rings (SSSR count). The number of fused-ring (bicyclic) bond motifs is 1. The number of nitrogens with zero attached hydrogens (tertiary/aromatic N) is 4. The highest BCUT2D eigenvalue weighted by atomic mass is 79.9. The maximum atomic E-state index is 13.0. The van der Waals surface area contributed by atoms with Gasteiger partial charge in [0, 0.05) is 18.6 Å². The Morgan fingerprint density at radius 3 is 2.33 bits per heavy atom. The first-order valence-electron chi connectivity index (χ1n) is 9.42. The van der Waals surface area contributed by atoms with Gasteiger partial charge < -0.3 is 4.74 Å². The molecular formula is C22H21BrN4O3. The quantitative estimate of drug-likeness (QED) is 0.458. The van der Waals surface area contributed by atoms with Gasteiger partial charge >= 0.3 is 11.7 Å². The van der Waals surface area contributed by atoms with Crippen LogP contribution in [0.1, 0.15) is 16.7 Å². The molecule has 0 aliphatic heterocycles. The molecule has 8 heteroatoms. The molecule has 30 heavy (non-hydrogen) atoms. The van der Waals surface area contributed by atoms with Crippen molar-refractivity contribution in [3.63, 3.8) is 0 Å². The zero-order chi connectivity index (χ0) is 21.6. The number of aromatic nitrogens is 4. The van der Waals surface area contributed by atoms with Crippen molar-refractivity contribution in [3.05, 3.63) is 84.5 Å². The minimum Gasteiger partial charge on any atom is -0.425 e. The Morgan fingerprint density at radius 2 is 1.67 bits per heavy atom. The molecule has 0 aliphatic carbocycles. The molecule has 2 aromatic carbocycles. The number of hydrogen-bond acceptors (Lipinski definition) is 4. The molecule has 0 aliphatic rings. The Morgan fingerprint density at radius 1 is 0.967 bits per heavy atom. The molecule has 2 aromatic heterocycles. The first-order chi connectivity index (χ1) is 14.3. The molecule has 0 fully saturated rings. The fraction of sp³-hybridized carbons (Fsp3) is 0.227. The Labute approximate surface area is 181 Å². The Kier molecular flexibility index (Phi) is 5.11. The SMILES string of the molecule is Cc1ccc(Oc2nc3c(c(=O)n(C)c(=O)n3C)n2Cc2ccc(Br)cc2)cc1C. The van der Waals surface area contributed by atoms with E-state index in [9.17, 15) is 9.59 Å². The zero-order valence-corrected chi connectivity index (χ0v) is 18.7. The lowest BCUT2D eigenvalue weighted by atomic mass is 10.1. The summed E-state index contributed by atoms with van der Waals surface area (Å²) in [5.41, 5.74) is 2.98. The van der Waals surface area contributed by atoms with Crippen molar-refractivity contribution in [2.45, 2.75) is 20.4 Å². The van der Waals surface area contributed by atoms with Crippen molar-refractivity contribution >= 4 is 27.1 Å². The molecule has 0 atom stereocenters. The van der Waals surface area contributed by atoms with Crippen LogP contribution in [0, 0.1) is 13.8 Å². The molecule has 0 bridgehead atoms. The van der Waals surface area contributed by atoms with E-state index in [4.69, 9.17) is 4.74 Å². The molecule has 0 amide bonds. The van der Waals surface area contributed by atoms with Gasteiger partial charge in [0.1, 0.15) is 5.75 Å². The third kappa shape index (κ3) is 3.47. The molecule has 7 nitrogen and oxygen atoms in total. The van der Waals surface area contributed by atoms with E-state index < -0.39 is 11.2 Å². The second-order valence-corrected chi connectivity index (χ2v) is 8.25. The Balaban J connectivity index is 1.93. The normalized spacial score (nSPS) is 11.2. The number of hydrogen-bond donors (Lipinski definition) is 0. The summed E-state index contributed by atoms with van der Waals surface area (Å²) in [4.78, 5) is 29.9. The Hall–Kier alpha value is -3.13. The third-order valence-electron chi connectivity index (χ3n) is 5.25. The van der Waals surface area contributed by atoms with Crippen LogP contribution in [0.2, 0.25) is 0 Å². The van der Waals surface area contributed by atoms with Gasteiger partial charge in [-0.15, -0.1) is 0 Å². The standard InChI is InChI=1S/C22H21BrN4O3/c1-13-5-10-17(11-14(13)2)30-21-24-19-18(20(28)26(4)22(29)25(19)3)27(21)12-15-6-8-16(23)9-7-15/h5-11H,12H2,1-4H3. The van der Waals surface area contributed by atoms with E-state index in [1.807, 2.05) is 56.3 Å². The first-order valence-corrected chi connectivity index (χ1v) is 10.2. The molecule has 0 radical (unpaired) electrons. The second-order valence-electron chi connectivity index (χ2n) is 7.33. The number of aryl methyl sites for hydroxylation is 3. The molecule has 154 valence electrons. The molecule has 4 aromatic rings. The number of ether oxygens (including phenoxy) is 1. The molecule has 0 saturated heterocycles. The van der Waals surface area contributed by atoms with Crippen LogP contribution >= 0.6 is 15.9 Å². The van der Waals surface area contributed by atoms with Crippen molar-refractivity contribution in [2.24, 2.45) is 14.1 Å². The summed E-state index contributed by atoms with van der Waals surface area (Å²) in [6, 6.07) is 13.8. The summed E-state index contributed by atoms with van der Waals surface area (Å²) in [6.45, 7) is 4.41. The van der Waals surface area contributed by atoms with E-state index in [1.54, 1.807) is 11.6 Å². The monoisotopic (exact) mass is 468 g/mol. The minimum absolute atomic E-state index is 0.259. The maximum Gasteiger partial charge on any atom is 0.332 e. The highest BCUT2D eigenvalue weighted by Gasteiger charge is 2.21. The van der Waals surface area contributed by atoms with E-state index in [2.05, 4.69) is 20.9 Å². The van der Waals surface area contributed by atoms with Crippen molar-refractivity contribution < 1.29 is 4.74 Å². The lowest BCUT2D eigenvalue weighted by Gasteiger charge is -2.11. The van der Waals surface area contributed by atoms with Gasteiger partial charge in [-0.2, -0.15) is 4.98 Å². The topological polar surface area (TPSA) is 71.1 Å². The van der Waals surface area contributed by atoms with E-state index in [-0.39, 0.29) is 6.01 Å². The Bertz CT molecular complexity index is 1380. The molecule has 0 spiro atoms. The average molecular weight is 469 g/mol. The second kappa shape index (κ2) is 7.60. The van der Waals surface area contributed by atoms with Crippen LogP contribution in [0.5, 0.6) is 11.8 Å². The first kappa shape index (κ1) is 20.2. The van der Waals surface area contributed by atoms with Gasteiger partial charge in [0.15, 0.2) is 11.2 Å². The highest BCUT2D eigenvalue weighted by molar-refractivity contribution is 9.10. The predicted octanol–water partition coefficient (Wildman–Crippen LogP) is 3.65. The smallest absolute Gasteiger partial charge is 0.332 e. The summed E-state index contributed by atoms with van der Waals surface area (Å²) in [5, 5.41) is 0. The lowest BCUT2D eigenvalue weighted by molar-refractivity contribution is 0.420. The summed E-state index contributed by atoms with van der Waals surface area (Å²) in [5.74, 6) is 0.618. The van der Waals surface area contributed by atoms with E-state index in [0.717, 1.165) is 25.7 Å². The molecular weight excluding hydrogens is 448 g/mol. The minimum atomic E-state index is -0.432. The van der Waals surface area contributed by atoms with Crippen molar-refractivity contribution in [1.29, 1.82) is 0 Å². The van der Waals surface area contributed by atoms with Gasteiger partial charge in [-0.3, -0.25) is 18.5 Å². The van der Waals surface area contributed by atoms with Crippen LogP contribution in [0.4, 0.5) is 0 Å². The van der Waals surface area contributed by atoms with E-state index in [0.29, 0.717) is 23.5 Å². The largest absolute Gasteiger partial charge is 0.425 e. The molecule has 0 unspecified atom stereocenters. The third-order valence-corrected chi connectivity index (χ3v) is 5.78. The van der Waals surface area contributed by atoms with Gasteiger partial charge in [-0.05, 0) is 54.8 Å². The predicted molar refractivity (Wildman–Crippen MR) is 119 cm³/mol. The summed E-state index contributed by atoms with van der Waals surface area (Å²) < 4.78 is 11.2. The highest BCUT2D eigenvalue weighted by Crippen LogP contribution is 2.27. The molecule has 0 N–H and O–H groups in total. The zero-order valence-electron chi connectivity index (χ0n) is 17.1. The van der Waals surface area contributed by atoms with E-state index >= 15 is 0 Å². The van der Waals surface area contributed by atoms with Gasteiger partial charge in [0.25, 0.3) is 5.56 Å². The average Bonchev–Trinajstić information content (AvgIpc) is 3.07. The van der Waals surface area contributed by atoms with Crippen LogP contribution in [-0.4, -0.2) is 18.7 Å². The number of halogens is 1. The number of imidazole rings is 1. The van der Waals surface area contributed by atoms with Crippen LogP contribution in [0.15, 0.2) is 56.5 Å². The van der Waals surface area contributed by atoms with Gasteiger partial charge in [0.05, 0.1) is 6.54 Å². The number of benzene rings is 2. The van der Waals surface area contributed by atoms with Crippen LogP contribution in [0.3, 0.4) is 0 Å². The van der Waals surface area contributed by atoms with Gasteiger partial charge in [0.2, 0.25) is 0 Å². The van der Waals surface area contributed by atoms with Gasteiger partial charge in [-0.1, -0.05) is 34.1 Å². The lowest BCUT2D eigenvalue weighted by Crippen LogP contribution is -2.37. The summed E-state index contributed by atoms with van der Waals surface area (Å²) in [7, 11) is 3.06. The van der Waals surface area contributed by atoms with Crippen molar-refractivity contribution in [1.82, 2.24) is 18.7 Å². The van der Waals surface area contributed by atoms with Gasteiger partial charge in [-0.25, -0.2) is 4.79 Å². The fourth-order valence-corrected chi connectivity index (χ4v) is 3.57.